The lowest BCUT2D eigenvalue weighted by molar-refractivity contribution is 0.579. The van der Waals surface area contributed by atoms with Gasteiger partial charge >= 0.3 is 0 Å². The monoisotopic (exact) mass is 317 g/mol. The summed E-state index contributed by atoms with van der Waals surface area (Å²) >= 11 is 0. The van der Waals surface area contributed by atoms with Gasteiger partial charge in [-0.15, -0.1) is 0 Å². The lowest BCUT2D eigenvalue weighted by Gasteiger charge is -2.16. The number of nitrogens with one attached hydrogen (secondary N) is 2. The van der Waals surface area contributed by atoms with E-state index in [9.17, 15) is 17.2 Å². The number of aliphatic imine (C=N–C) groups is 1. The maximum Gasteiger partial charge on any atom is 0.191 e. The average molecular weight is 317 g/mol. The highest BCUT2D eigenvalue weighted by molar-refractivity contribution is 7.91. The van der Waals surface area contributed by atoms with Gasteiger partial charge in [-0.05, 0) is 24.6 Å². The predicted molar refractivity (Wildman–Crippen MR) is 76.8 cm³/mol. The molecule has 0 amide bonds. The molecule has 0 aromatic heterocycles. The SMILES string of the molecule is CN=C(NCc1cc(F)ccc1F)NC1CCS(=O)(=O)C1. The minimum absolute atomic E-state index is 0.0576. The molecule has 5 nitrogen and oxygen atoms in total. The molecule has 1 heterocycles. The summed E-state index contributed by atoms with van der Waals surface area (Å²) < 4.78 is 49.3. The first-order chi connectivity index (χ1) is 9.89. The maximum atomic E-state index is 13.5. The quantitative estimate of drug-likeness (QED) is 0.639. The van der Waals surface area contributed by atoms with E-state index in [1.54, 1.807) is 0 Å². The first-order valence-corrected chi connectivity index (χ1v) is 8.33. The van der Waals surface area contributed by atoms with Gasteiger partial charge in [-0.1, -0.05) is 0 Å². The van der Waals surface area contributed by atoms with Gasteiger partial charge in [0.2, 0.25) is 0 Å². The van der Waals surface area contributed by atoms with Crippen LogP contribution in [0.2, 0.25) is 0 Å². The molecular formula is C13H17F2N3O2S. The standard InChI is InChI=1S/C13H17F2N3O2S/c1-16-13(18-11-4-5-21(19,20)8-11)17-7-9-6-10(14)2-3-12(9)15/h2-3,6,11H,4-5,7-8H2,1H3,(H2,16,17,18). The molecule has 0 aliphatic carbocycles. The Bertz CT molecular complexity index is 647. The van der Waals surface area contributed by atoms with Crippen molar-refractivity contribution in [1.82, 2.24) is 10.6 Å². The Balaban J connectivity index is 1.93. The summed E-state index contributed by atoms with van der Waals surface area (Å²) in [6.45, 7) is 0.0583. The van der Waals surface area contributed by atoms with E-state index in [-0.39, 0.29) is 29.7 Å². The number of hydrogen-bond acceptors (Lipinski definition) is 3. The van der Waals surface area contributed by atoms with Gasteiger partial charge in [0.15, 0.2) is 15.8 Å². The molecule has 1 fully saturated rings. The van der Waals surface area contributed by atoms with Gasteiger partial charge in [-0.2, -0.15) is 0 Å². The molecule has 1 aliphatic rings. The molecule has 1 aromatic carbocycles. The van der Waals surface area contributed by atoms with E-state index in [0.717, 1.165) is 18.2 Å². The normalized spacial score (nSPS) is 21.3. The van der Waals surface area contributed by atoms with Gasteiger partial charge in [0.25, 0.3) is 0 Å². The number of nitrogens with zero attached hydrogens (tertiary/aromatic N) is 1. The number of guanidine groups is 1. The van der Waals surface area contributed by atoms with Gasteiger partial charge in [0.1, 0.15) is 11.6 Å². The average Bonchev–Trinajstić information content (AvgIpc) is 2.77. The zero-order chi connectivity index (χ0) is 15.5. The zero-order valence-electron chi connectivity index (χ0n) is 11.6. The predicted octanol–water partition coefficient (Wildman–Crippen LogP) is 0.817. The van der Waals surface area contributed by atoms with Crippen molar-refractivity contribution >= 4 is 15.8 Å². The fourth-order valence-corrected chi connectivity index (χ4v) is 3.83. The molecule has 0 radical (unpaired) electrons. The molecular weight excluding hydrogens is 300 g/mol. The highest BCUT2D eigenvalue weighted by atomic mass is 32.2. The van der Waals surface area contributed by atoms with Crippen LogP contribution in [0.15, 0.2) is 23.2 Å². The van der Waals surface area contributed by atoms with Crippen molar-refractivity contribution in [2.75, 3.05) is 18.6 Å². The van der Waals surface area contributed by atoms with Crippen LogP contribution < -0.4 is 10.6 Å². The molecule has 1 aliphatic heterocycles. The molecule has 0 saturated carbocycles. The first-order valence-electron chi connectivity index (χ1n) is 6.51. The summed E-state index contributed by atoms with van der Waals surface area (Å²) in [6, 6.07) is 3.01. The van der Waals surface area contributed by atoms with Crippen LogP contribution in [0.3, 0.4) is 0 Å². The van der Waals surface area contributed by atoms with Crippen LogP contribution in [0, 0.1) is 11.6 Å². The topological polar surface area (TPSA) is 70.6 Å². The van der Waals surface area contributed by atoms with Crippen molar-refractivity contribution in [2.45, 2.75) is 19.0 Å². The third kappa shape index (κ3) is 4.38. The van der Waals surface area contributed by atoms with E-state index in [2.05, 4.69) is 15.6 Å². The van der Waals surface area contributed by atoms with Crippen molar-refractivity contribution in [3.05, 3.63) is 35.4 Å². The largest absolute Gasteiger partial charge is 0.353 e. The molecule has 2 N–H and O–H groups in total. The smallest absolute Gasteiger partial charge is 0.191 e. The van der Waals surface area contributed by atoms with E-state index in [0.29, 0.717) is 12.4 Å². The zero-order valence-corrected chi connectivity index (χ0v) is 12.4. The summed E-state index contributed by atoms with van der Waals surface area (Å²) in [5, 5.41) is 5.81. The molecule has 21 heavy (non-hydrogen) atoms. The molecule has 1 saturated heterocycles. The number of sulfone groups is 1. The highest BCUT2D eigenvalue weighted by Crippen LogP contribution is 2.11. The van der Waals surface area contributed by atoms with E-state index in [4.69, 9.17) is 0 Å². The summed E-state index contributed by atoms with van der Waals surface area (Å²) in [5.41, 5.74) is 0.178. The van der Waals surface area contributed by atoms with E-state index in [1.807, 2.05) is 0 Å². The molecule has 1 atom stereocenters. The van der Waals surface area contributed by atoms with Crippen molar-refractivity contribution in [3.63, 3.8) is 0 Å². The molecule has 1 unspecified atom stereocenters. The third-order valence-corrected chi connectivity index (χ3v) is 5.02. The Kier molecular flexibility index (Phi) is 4.76. The number of hydrogen-bond donors (Lipinski definition) is 2. The Morgan fingerprint density at radius 1 is 1.43 bits per heavy atom. The summed E-state index contributed by atoms with van der Waals surface area (Å²) in [5.74, 6) is -0.455. The van der Waals surface area contributed by atoms with Gasteiger partial charge in [-0.3, -0.25) is 4.99 Å². The number of rotatable bonds is 3. The highest BCUT2D eigenvalue weighted by Gasteiger charge is 2.28. The molecule has 8 heteroatoms. The van der Waals surface area contributed by atoms with E-state index < -0.39 is 21.5 Å². The van der Waals surface area contributed by atoms with Crippen LogP contribution in [-0.2, 0) is 16.4 Å². The minimum Gasteiger partial charge on any atom is -0.353 e. The summed E-state index contributed by atoms with van der Waals surface area (Å²) in [4.78, 5) is 3.95. The van der Waals surface area contributed by atoms with Crippen molar-refractivity contribution in [1.29, 1.82) is 0 Å². The number of halogens is 2. The van der Waals surface area contributed by atoms with Crippen LogP contribution >= 0.6 is 0 Å². The van der Waals surface area contributed by atoms with Crippen LogP contribution in [0.25, 0.3) is 0 Å². The lowest BCUT2D eigenvalue weighted by Crippen LogP contribution is -2.43. The van der Waals surface area contributed by atoms with Crippen LogP contribution in [0.5, 0.6) is 0 Å². The van der Waals surface area contributed by atoms with Gasteiger partial charge in [0, 0.05) is 25.2 Å². The lowest BCUT2D eigenvalue weighted by atomic mass is 10.2. The summed E-state index contributed by atoms with van der Waals surface area (Å²) in [6.07, 6.45) is 0.511. The number of benzene rings is 1. The van der Waals surface area contributed by atoms with Crippen LogP contribution in [-0.4, -0.2) is 39.0 Å². The molecule has 0 bridgehead atoms. The minimum atomic E-state index is -2.98. The van der Waals surface area contributed by atoms with Gasteiger partial charge in [-0.25, -0.2) is 17.2 Å². The maximum absolute atomic E-state index is 13.5. The van der Waals surface area contributed by atoms with E-state index >= 15 is 0 Å². The van der Waals surface area contributed by atoms with E-state index in [1.165, 1.54) is 7.05 Å². The van der Waals surface area contributed by atoms with Gasteiger partial charge < -0.3 is 10.6 Å². The van der Waals surface area contributed by atoms with Gasteiger partial charge in [0.05, 0.1) is 11.5 Å². The van der Waals surface area contributed by atoms with Crippen molar-refractivity contribution in [2.24, 2.45) is 4.99 Å². The second-order valence-corrected chi connectivity index (χ2v) is 7.13. The van der Waals surface area contributed by atoms with Crippen LogP contribution in [0.1, 0.15) is 12.0 Å². The molecule has 2 rings (SSSR count). The fraction of sp³-hybridized carbons (Fsp3) is 0.462. The Labute approximate surface area is 122 Å². The fourth-order valence-electron chi connectivity index (χ4n) is 2.15. The first kappa shape index (κ1) is 15.7. The second-order valence-electron chi connectivity index (χ2n) is 4.91. The Morgan fingerprint density at radius 2 is 2.19 bits per heavy atom. The van der Waals surface area contributed by atoms with Crippen molar-refractivity contribution in [3.8, 4) is 0 Å². The Morgan fingerprint density at radius 3 is 2.81 bits per heavy atom. The Hall–Kier alpha value is -1.70. The van der Waals surface area contributed by atoms with Crippen LogP contribution in [0.4, 0.5) is 8.78 Å². The molecule has 0 spiro atoms. The summed E-state index contributed by atoms with van der Waals surface area (Å²) in [7, 11) is -1.46. The third-order valence-electron chi connectivity index (χ3n) is 3.25. The second kappa shape index (κ2) is 6.38. The van der Waals surface area contributed by atoms with Crippen molar-refractivity contribution < 1.29 is 17.2 Å². The molecule has 116 valence electrons. The molecule has 1 aromatic rings.